The number of anilines is 1. The van der Waals surface area contributed by atoms with Gasteiger partial charge in [-0.15, -0.1) is 21.5 Å². The van der Waals surface area contributed by atoms with Crippen LogP contribution in [0.5, 0.6) is 0 Å². The summed E-state index contributed by atoms with van der Waals surface area (Å²) in [6.07, 6.45) is 6.84. The van der Waals surface area contributed by atoms with Crippen LogP contribution < -0.4 is 5.32 Å². The largest absolute Gasteiger partial charge is 0.393 e. The van der Waals surface area contributed by atoms with Gasteiger partial charge in [-0.05, 0) is 43.9 Å². The molecule has 5 rings (SSSR count). The number of aliphatic hydroxyl groups excluding tert-OH is 1. The van der Waals surface area contributed by atoms with E-state index < -0.39 is 0 Å². The molecular weight excluding hydrogens is 375 g/mol. The van der Waals surface area contributed by atoms with Gasteiger partial charge in [-0.2, -0.15) is 0 Å². The van der Waals surface area contributed by atoms with Crippen molar-refractivity contribution in [3.63, 3.8) is 0 Å². The van der Waals surface area contributed by atoms with Crippen LogP contribution in [0.1, 0.15) is 25.7 Å². The van der Waals surface area contributed by atoms with Crippen LogP contribution in [0.2, 0.25) is 0 Å². The molecule has 4 aromatic rings. The van der Waals surface area contributed by atoms with Crippen molar-refractivity contribution in [3.8, 4) is 11.3 Å². The lowest BCUT2D eigenvalue weighted by atomic mass is 9.93. The lowest BCUT2D eigenvalue weighted by Crippen LogP contribution is -2.30. The Kier molecular flexibility index (Phi) is 4.41. The summed E-state index contributed by atoms with van der Waals surface area (Å²) >= 11 is 1.38. The van der Waals surface area contributed by atoms with Gasteiger partial charge in [0.1, 0.15) is 11.5 Å². The van der Waals surface area contributed by atoms with Crippen LogP contribution >= 0.6 is 11.3 Å². The van der Waals surface area contributed by atoms with Gasteiger partial charge in [0.2, 0.25) is 0 Å². The monoisotopic (exact) mass is 394 g/mol. The number of hydrogen-bond donors (Lipinski definition) is 2. The van der Waals surface area contributed by atoms with Gasteiger partial charge in [-0.1, -0.05) is 6.07 Å². The first-order chi connectivity index (χ1) is 13.7. The van der Waals surface area contributed by atoms with Crippen molar-refractivity contribution in [1.29, 1.82) is 0 Å². The summed E-state index contributed by atoms with van der Waals surface area (Å²) in [4.78, 5) is 4.26. The molecule has 0 aliphatic heterocycles. The highest BCUT2D eigenvalue weighted by Gasteiger charge is 2.22. The van der Waals surface area contributed by atoms with Gasteiger partial charge in [0.05, 0.1) is 6.10 Å². The summed E-state index contributed by atoms with van der Waals surface area (Å²) in [5, 5.41) is 26.3. The fourth-order valence-electron chi connectivity index (χ4n) is 3.95. The maximum Gasteiger partial charge on any atom is 0.158 e. The second kappa shape index (κ2) is 7.07. The minimum atomic E-state index is -0.263. The number of pyridine rings is 1. The van der Waals surface area contributed by atoms with Gasteiger partial charge in [-0.3, -0.25) is 4.98 Å². The van der Waals surface area contributed by atoms with Crippen molar-refractivity contribution in [2.45, 2.75) is 37.8 Å². The minimum absolute atomic E-state index is 0.178. The molecule has 0 radical (unpaired) electrons. The van der Waals surface area contributed by atoms with E-state index in [-0.39, 0.29) is 18.0 Å². The zero-order chi connectivity index (χ0) is 19.1. The van der Waals surface area contributed by atoms with Crippen LogP contribution in [0.4, 0.5) is 10.2 Å². The second-order valence-electron chi connectivity index (χ2n) is 7.27. The topological polar surface area (TPSA) is 70.9 Å². The van der Waals surface area contributed by atoms with E-state index in [1.165, 1.54) is 16.7 Å². The molecular formula is C21H19FN4OS. The van der Waals surface area contributed by atoms with Crippen LogP contribution in [-0.2, 0) is 0 Å². The third kappa shape index (κ3) is 3.10. The first kappa shape index (κ1) is 17.5. The van der Waals surface area contributed by atoms with Gasteiger partial charge < -0.3 is 10.4 Å². The van der Waals surface area contributed by atoms with Crippen molar-refractivity contribution in [2.75, 3.05) is 5.32 Å². The minimum Gasteiger partial charge on any atom is -0.393 e. The highest BCUT2D eigenvalue weighted by molar-refractivity contribution is 7.17. The molecule has 2 atom stereocenters. The lowest BCUT2D eigenvalue weighted by molar-refractivity contribution is 0.124. The van der Waals surface area contributed by atoms with E-state index in [1.54, 1.807) is 18.5 Å². The molecule has 3 heterocycles. The van der Waals surface area contributed by atoms with Crippen LogP contribution in [-0.4, -0.2) is 32.4 Å². The molecule has 1 saturated carbocycles. The maximum atomic E-state index is 13.8. The standard InChI is InChI=1S/C21H19FN4OS/c22-18-11-28-19-8-12(4-5-16(18)19)20-15-6-7-23-10-17(15)21(26-25-20)24-13-2-1-3-14(27)9-13/h4-8,10-11,13-14,27H,1-3,9H2,(H,24,26)/t13-,14+/m1/s1. The molecule has 0 amide bonds. The van der Waals surface area contributed by atoms with Gasteiger partial charge in [0.15, 0.2) is 5.82 Å². The zero-order valence-corrected chi connectivity index (χ0v) is 15.9. The SMILES string of the molecule is O[C@H]1CCC[C@@H](Nc2nnc(-c3ccc4c(F)csc4c3)c3ccncc23)C1. The number of halogens is 1. The van der Waals surface area contributed by atoms with Crippen LogP contribution in [0.3, 0.4) is 0 Å². The summed E-state index contributed by atoms with van der Waals surface area (Å²) in [5.41, 5.74) is 1.65. The molecule has 5 nitrogen and oxygen atoms in total. The lowest BCUT2D eigenvalue weighted by Gasteiger charge is -2.27. The molecule has 1 fully saturated rings. The van der Waals surface area contributed by atoms with Crippen LogP contribution in [0.25, 0.3) is 32.1 Å². The highest BCUT2D eigenvalue weighted by atomic mass is 32.1. The fourth-order valence-corrected chi connectivity index (χ4v) is 4.79. The number of benzene rings is 1. The van der Waals surface area contributed by atoms with E-state index in [0.29, 0.717) is 17.6 Å². The van der Waals surface area contributed by atoms with Crippen molar-refractivity contribution in [1.82, 2.24) is 15.2 Å². The molecule has 0 saturated heterocycles. The molecule has 7 heteroatoms. The van der Waals surface area contributed by atoms with Crippen molar-refractivity contribution >= 4 is 38.0 Å². The first-order valence-corrected chi connectivity index (χ1v) is 10.3. The first-order valence-electron chi connectivity index (χ1n) is 9.41. The highest BCUT2D eigenvalue weighted by Crippen LogP contribution is 2.34. The average molecular weight is 394 g/mol. The number of fused-ring (bicyclic) bond motifs is 2. The third-order valence-corrected chi connectivity index (χ3v) is 6.29. The number of aromatic nitrogens is 3. The van der Waals surface area contributed by atoms with Crippen molar-refractivity contribution in [3.05, 3.63) is 47.9 Å². The fraction of sp³-hybridized carbons (Fsp3) is 0.286. The van der Waals surface area contributed by atoms with E-state index in [1.807, 2.05) is 18.2 Å². The summed E-state index contributed by atoms with van der Waals surface area (Å²) in [5.74, 6) is 0.495. The molecule has 1 aliphatic rings. The molecule has 0 bridgehead atoms. The molecule has 142 valence electrons. The maximum absolute atomic E-state index is 13.8. The van der Waals surface area contributed by atoms with E-state index >= 15 is 0 Å². The molecule has 3 aromatic heterocycles. The van der Waals surface area contributed by atoms with E-state index in [4.69, 9.17) is 0 Å². The van der Waals surface area contributed by atoms with Gasteiger partial charge >= 0.3 is 0 Å². The Balaban J connectivity index is 1.57. The van der Waals surface area contributed by atoms with Crippen molar-refractivity contribution in [2.24, 2.45) is 0 Å². The predicted octanol–water partition coefficient (Wildman–Crippen LogP) is 4.76. The summed E-state index contributed by atoms with van der Waals surface area (Å²) in [7, 11) is 0. The Morgan fingerprint density at radius 1 is 1.11 bits per heavy atom. The number of hydrogen-bond acceptors (Lipinski definition) is 6. The number of nitrogens with zero attached hydrogens (tertiary/aromatic N) is 3. The second-order valence-corrected chi connectivity index (χ2v) is 8.19. The molecule has 1 aromatic carbocycles. The normalized spacial score (nSPS) is 19.9. The quantitative estimate of drug-likeness (QED) is 0.524. The van der Waals surface area contributed by atoms with E-state index in [0.717, 1.165) is 46.0 Å². The third-order valence-electron chi connectivity index (χ3n) is 5.37. The predicted molar refractivity (Wildman–Crippen MR) is 110 cm³/mol. The van der Waals surface area contributed by atoms with Crippen LogP contribution in [0, 0.1) is 5.82 Å². The van der Waals surface area contributed by atoms with Crippen LogP contribution in [0.15, 0.2) is 42.0 Å². The number of rotatable bonds is 3. The number of thiophene rings is 1. The average Bonchev–Trinajstić information content (AvgIpc) is 3.08. The zero-order valence-electron chi connectivity index (χ0n) is 15.1. The van der Waals surface area contributed by atoms with Gasteiger partial charge in [-0.25, -0.2) is 4.39 Å². The van der Waals surface area contributed by atoms with Crippen molar-refractivity contribution < 1.29 is 9.50 Å². The summed E-state index contributed by atoms with van der Waals surface area (Å²) in [6.45, 7) is 0. The molecule has 2 N–H and O–H groups in total. The van der Waals surface area contributed by atoms with Gasteiger partial charge in [0.25, 0.3) is 0 Å². The Hall–Kier alpha value is -2.64. The Labute approximate surface area is 165 Å². The number of aliphatic hydroxyl groups is 1. The Bertz CT molecular complexity index is 1160. The molecule has 1 aliphatic carbocycles. The Morgan fingerprint density at radius 2 is 2.04 bits per heavy atom. The smallest absolute Gasteiger partial charge is 0.158 e. The molecule has 28 heavy (non-hydrogen) atoms. The van der Waals surface area contributed by atoms with Gasteiger partial charge in [0, 0.05) is 50.2 Å². The summed E-state index contributed by atoms with van der Waals surface area (Å²) < 4.78 is 14.7. The van der Waals surface area contributed by atoms with E-state index in [9.17, 15) is 9.50 Å². The summed E-state index contributed by atoms with van der Waals surface area (Å²) in [6, 6.07) is 7.74. The molecule has 0 unspecified atom stereocenters. The number of nitrogens with one attached hydrogen (secondary N) is 1. The Morgan fingerprint density at radius 3 is 2.93 bits per heavy atom. The van der Waals surface area contributed by atoms with E-state index in [2.05, 4.69) is 20.5 Å². The molecule has 0 spiro atoms.